The van der Waals surface area contributed by atoms with Crippen molar-refractivity contribution in [1.29, 1.82) is 0 Å². The number of aromatic nitrogens is 4. The van der Waals surface area contributed by atoms with Gasteiger partial charge in [0.25, 0.3) is 5.95 Å². The lowest BCUT2D eigenvalue weighted by atomic mass is 10.2. The van der Waals surface area contributed by atoms with E-state index in [9.17, 15) is 5.11 Å². The first-order chi connectivity index (χ1) is 10.3. The van der Waals surface area contributed by atoms with Crippen molar-refractivity contribution < 1.29 is 5.11 Å². The van der Waals surface area contributed by atoms with Gasteiger partial charge < -0.3 is 5.11 Å². The van der Waals surface area contributed by atoms with Crippen molar-refractivity contribution in [2.45, 2.75) is 0 Å². The summed E-state index contributed by atoms with van der Waals surface area (Å²) in [4.78, 5) is 0. The minimum atomic E-state index is 0.158. The second-order valence-corrected chi connectivity index (χ2v) is 4.18. The molecule has 3 rings (SSSR count). The fourth-order valence-corrected chi connectivity index (χ4v) is 1.76. The van der Waals surface area contributed by atoms with Gasteiger partial charge in [-0.05, 0) is 34.7 Å². The van der Waals surface area contributed by atoms with Gasteiger partial charge in [0.15, 0.2) is 0 Å². The van der Waals surface area contributed by atoms with Crippen LogP contribution in [-0.2, 0) is 0 Å². The summed E-state index contributed by atoms with van der Waals surface area (Å²) in [7, 11) is 0. The van der Waals surface area contributed by atoms with Crippen molar-refractivity contribution in [1.82, 2.24) is 20.2 Å². The number of benzene rings is 2. The molecule has 0 radical (unpaired) electrons. The first-order valence-electron chi connectivity index (χ1n) is 6.25. The van der Waals surface area contributed by atoms with E-state index in [0.717, 1.165) is 5.69 Å². The van der Waals surface area contributed by atoms with Gasteiger partial charge in [0, 0.05) is 5.56 Å². The first kappa shape index (κ1) is 12.8. The number of nitrogens with zero attached hydrogens (tertiary/aromatic N) is 5. The zero-order valence-electron chi connectivity index (χ0n) is 11.0. The Morgan fingerprint density at radius 2 is 1.81 bits per heavy atom. The van der Waals surface area contributed by atoms with Crippen LogP contribution in [0.2, 0.25) is 0 Å². The van der Waals surface area contributed by atoms with Gasteiger partial charge in [-0.1, -0.05) is 35.4 Å². The molecule has 0 unspecified atom stereocenters. The van der Waals surface area contributed by atoms with Gasteiger partial charge in [-0.2, -0.15) is 9.78 Å². The Labute approximate surface area is 120 Å². The molecule has 21 heavy (non-hydrogen) atoms. The lowest BCUT2D eigenvalue weighted by Gasteiger charge is -2.03. The van der Waals surface area contributed by atoms with Gasteiger partial charge in [-0.25, -0.2) is 5.43 Å². The Morgan fingerprint density at radius 1 is 1.05 bits per heavy atom. The lowest BCUT2D eigenvalue weighted by Crippen LogP contribution is -2.03. The molecular weight excluding hydrogens is 268 g/mol. The van der Waals surface area contributed by atoms with Gasteiger partial charge >= 0.3 is 0 Å². The van der Waals surface area contributed by atoms with Crippen LogP contribution in [0, 0.1) is 0 Å². The van der Waals surface area contributed by atoms with Crippen molar-refractivity contribution in [3.8, 4) is 11.4 Å². The predicted molar refractivity (Wildman–Crippen MR) is 78.5 cm³/mol. The number of phenols is 1. The number of rotatable bonds is 4. The molecule has 7 nitrogen and oxygen atoms in total. The molecule has 0 bridgehead atoms. The third-order valence-corrected chi connectivity index (χ3v) is 2.78. The number of tetrazole rings is 1. The molecule has 2 aromatic carbocycles. The number of hydrazone groups is 1. The molecule has 104 valence electrons. The maximum absolute atomic E-state index is 9.64. The van der Waals surface area contributed by atoms with E-state index in [2.05, 4.69) is 26.1 Å². The van der Waals surface area contributed by atoms with Crippen LogP contribution in [0.1, 0.15) is 5.56 Å². The fourth-order valence-electron chi connectivity index (χ4n) is 1.76. The summed E-state index contributed by atoms with van der Waals surface area (Å²) in [6.45, 7) is 0. The normalized spacial score (nSPS) is 10.9. The highest BCUT2D eigenvalue weighted by atomic mass is 16.3. The van der Waals surface area contributed by atoms with Crippen molar-refractivity contribution in [3.05, 3.63) is 60.2 Å². The van der Waals surface area contributed by atoms with Gasteiger partial charge in [0.05, 0.1) is 11.9 Å². The maximum Gasteiger partial charge on any atom is 0.268 e. The Balaban J connectivity index is 1.78. The SMILES string of the molecule is Oc1ccccc1/C=N\Nc1nnnn1-c1ccccc1. The average Bonchev–Trinajstić information content (AvgIpc) is 2.99. The Bertz CT molecular complexity index is 753. The molecular formula is C14H12N6O. The number of nitrogens with one attached hydrogen (secondary N) is 1. The molecule has 0 saturated carbocycles. The molecule has 7 heteroatoms. The van der Waals surface area contributed by atoms with Crippen LogP contribution >= 0.6 is 0 Å². The quantitative estimate of drug-likeness (QED) is 0.562. The molecule has 0 aliphatic rings. The number of aromatic hydroxyl groups is 1. The van der Waals surface area contributed by atoms with E-state index in [1.165, 1.54) is 10.9 Å². The van der Waals surface area contributed by atoms with Crippen LogP contribution in [0.3, 0.4) is 0 Å². The number of hydrogen-bond donors (Lipinski definition) is 2. The molecule has 0 atom stereocenters. The Hall–Kier alpha value is -3.22. The highest BCUT2D eigenvalue weighted by Crippen LogP contribution is 2.13. The summed E-state index contributed by atoms with van der Waals surface area (Å²) in [5, 5.41) is 25.0. The predicted octanol–water partition coefficient (Wildman–Crippen LogP) is 1.81. The van der Waals surface area contributed by atoms with Crippen molar-refractivity contribution in [3.63, 3.8) is 0 Å². The minimum Gasteiger partial charge on any atom is -0.507 e. The number of para-hydroxylation sites is 2. The second-order valence-electron chi connectivity index (χ2n) is 4.18. The highest BCUT2D eigenvalue weighted by Gasteiger charge is 2.06. The second kappa shape index (κ2) is 5.83. The topological polar surface area (TPSA) is 88.2 Å². The molecule has 0 aliphatic heterocycles. The average molecular weight is 280 g/mol. The lowest BCUT2D eigenvalue weighted by molar-refractivity contribution is 0.474. The zero-order valence-corrected chi connectivity index (χ0v) is 11.0. The van der Waals surface area contributed by atoms with Crippen LogP contribution in [0.25, 0.3) is 5.69 Å². The summed E-state index contributed by atoms with van der Waals surface area (Å²) in [5.74, 6) is 0.540. The number of anilines is 1. The van der Waals surface area contributed by atoms with E-state index in [1.54, 1.807) is 18.2 Å². The minimum absolute atomic E-state index is 0.158. The van der Waals surface area contributed by atoms with Crippen LogP contribution in [0.5, 0.6) is 5.75 Å². The monoisotopic (exact) mass is 280 g/mol. The number of phenolic OH excluding ortho intramolecular Hbond substituents is 1. The van der Waals surface area contributed by atoms with E-state index < -0.39 is 0 Å². The van der Waals surface area contributed by atoms with Gasteiger partial charge in [0.1, 0.15) is 5.75 Å². The third-order valence-electron chi connectivity index (χ3n) is 2.78. The summed E-state index contributed by atoms with van der Waals surface area (Å²) in [6, 6.07) is 16.4. The molecule has 1 heterocycles. The zero-order chi connectivity index (χ0) is 14.5. The standard InChI is InChI=1S/C14H12N6O/c21-13-9-5-4-6-11(13)10-15-16-14-17-18-19-20(14)12-7-2-1-3-8-12/h1-10,21H,(H,16,17,19)/b15-10-. The molecule has 0 fully saturated rings. The van der Waals surface area contributed by atoms with Crippen molar-refractivity contribution in [2.24, 2.45) is 5.10 Å². The van der Waals surface area contributed by atoms with Crippen LogP contribution in [-0.4, -0.2) is 31.5 Å². The number of hydrogen-bond acceptors (Lipinski definition) is 6. The van der Waals surface area contributed by atoms with Crippen LogP contribution < -0.4 is 5.43 Å². The molecule has 0 aliphatic carbocycles. The summed E-state index contributed by atoms with van der Waals surface area (Å²) in [6.07, 6.45) is 1.50. The van der Waals surface area contributed by atoms with Crippen LogP contribution in [0.4, 0.5) is 5.95 Å². The van der Waals surface area contributed by atoms with Gasteiger partial charge in [0.2, 0.25) is 0 Å². The Morgan fingerprint density at radius 3 is 2.62 bits per heavy atom. The van der Waals surface area contributed by atoms with E-state index in [1.807, 2.05) is 36.4 Å². The summed E-state index contributed by atoms with van der Waals surface area (Å²) >= 11 is 0. The maximum atomic E-state index is 9.64. The Kier molecular flexibility index (Phi) is 3.55. The van der Waals surface area contributed by atoms with Crippen molar-refractivity contribution >= 4 is 12.2 Å². The largest absolute Gasteiger partial charge is 0.507 e. The summed E-state index contributed by atoms with van der Waals surface area (Å²) in [5.41, 5.74) is 4.18. The van der Waals surface area contributed by atoms with E-state index in [4.69, 9.17) is 0 Å². The molecule has 2 N–H and O–H groups in total. The molecule has 0 amide bonds. The van der Waals surface area contributed by atoms with E-state index >= 15 is 0 Å². The third kappa shape index (κ3) is 2.86. The summed E-state index contributed by atoms with van der Waals surface area (Å²) < 4.78 is 1.53. The first-order valence-corrected chi connectivity index (χ1v) is 6.25. The molecule has 0 spiro atoms. The molecule has 1 aromatic heterocycles. The fraction of sp³-hybridized carbons (Fsp3) is 0. The smallest absolute Gasteiger partial charge is 0.268 e. The highest BCUT2D eigenvalue weighted by molar-refractivity contribution is 5.83. The van der Waals surface area contributed by atoms with Gasteiger partial charge in [-0.3, -0.25) is 0 Å². The molecule has 3 aromatic rings. The van der Waals surface area contributed by atoms with Crippen LogP contribution in [0.15, 0.2) is 59.7 Å². The van der Waals surface area contributed by atoms with E-state index in [0.29, 0.717) is 11.5 Å². The van der Waals surface area contributed by atoms with Crippen molar-refractivity contribution in [2.75, 3.05) is 5.43 Å². The van der Waals surface area contributed by atoms with Gasteiger partial charge in [-0.15, -0.1) is 0 Å². The molecule has 0 saturated heterocycles. The van der Waals surface area contributed by atoms with E-state index in [-0.39, 0.29) is 5.75 Å².